The number of anilines is 1. The van der Waals surface area contributed by atoms with Crippen molar-refractivity contribution in [1.82, 2.24) is 10.2 Å². The largest absolute Gasteiger partial charge is 0.493 e. The molecule has 0 bridgehead atoms. The van der Waals surface area contributed by atoms with Gasteiger partial charge in [0, 0.05) is 23.2 Å². The van der Waals surface area contributed by atoms with Crippen LogP contribution in [0.2, 0.25) is 0 Å². The Morgan fingerprint density at radius 2 is 1.79 bits per heavy atom. The number of carbonyl (C=O) groups is 2. The average Bonchev–Trinajstić information content (AvgIpc) is 3.16. The lowest BCUT2D eigenvalue weighted by atomic mass is 9.65. The summed E-state index contributed by atoms with van der Waals surface area (Å²) in [6.07, 6.45) is 3.77. The summed E-state index contributed by atoms with van der Waals surface area (Å²) in [7, 11) is 5.45. The molecule has 8 nitrogen and oxygen atoms in total. The highest BCUT2D eigenvalue weighted by molar-refractivity contribution is 5.91. The highest BCUT2D eigenvalue weighted by Crippen LogP contribution is 2.49. The van der Waals surface area contributed by atoms with Gasteiger partial charge >= 0.3 is 12.0 Å². The lowest BCUT2D eigenvalue weighted by molar-refractivity contribution is 0.0697. The molecule has 4 rings (SSSR count). The number of methoxy groups -OCH3 is 2. The van der Waals surface area contributed by atoms with E-state index in [1.54, 1.807) is 26.4 Å². The second-order valence-electron chi connectivity index (χ2n) is 8.92. The molecule has 1 aliphatic carbocycles. The number of rotatable bonds is 6. The number of hydrogen-bond donors (Lipinski definition) is 3. The van der Waals surface area contributed by atoms with Crippen LogP contribution in [0.15, 0.2) is 42.5 Å². The summed E-state index contributed by atoms with van der Waals surface area (Å²) in [5.74, 6) is 0.474. The summed E-state index contributed by atoms with van der Waals surface area (Å²) in [6, 6.07) is 12.5. The molecule has 2 aromatic carbocycles. The minimum Gasteiger partial charge on any atom is -0.493 e. The van der Waals surface area contributed by atoms with Crippen molar-refractivity contribution in [3.8, 4) is 11.5 Å². The maximum atomic E-state index is 12.6. The molecular formula is C25H31N3O5. The lowest BCUT2D eigenvalue weighted by Gasteiger charge is -2.45. The van der Waals surface area contributed by atoms with E-state index in [1.165, 1.54) is 17.7 Å². The number of likely N-dealkylation sites (N-methyl/N-ethyl adjacent to an activating group) is 1. The van der Waals surface area contributed by atoms with E-state index in [1.807, 2.05) is 6.07 Å². The van der Waals surface area contributed by atoms with Gasteiger partial charge in [0.1, 0.15) is 0 Å². The van der Waals surface area contributed by atoms with Crippen LogP contribution in [0.5, 0.6) is 11.5 Å². The molecule has 2 aliphatic rings. The first-order chi connectivity index (χ1) is 15.9. The Balaban J connectivity index is 1.45. The first-order valence-corrected chi connectivity index (χ1v) is 11.2. The van der Waals surface area contributed by atoms with Crippen LogP contribution in [0.4, 0.5) is 10.5 Å². The van der Waals surface area contributed by atoms with Crippen LogP contribution >= 0.6 is 0 Å². The van der Waals surface area contributed by atoms with Crippen LogP contribution in [0.1, 0.15) is 41.6 Å². The summed E-state index contributed by atoms with van der Waals surface area (Å²) >= 11 is 0. The zero-order valence-electron chi connectivity index (χ0n) is 19.3. The highest BCUT2D eigenvalue weighted by Gasteiger charge is 2.50. The SMILES string of the molecule is COc1ccc(C23CCC(NC(=O)Nc4ccc(C(=O)O)cc4)CC2N(C)CC3)cc1OC. The Morgan fingerprint density at radius 1 is 1.06 bits per heavy atom. The van der Waals surface area contributed by atoms with Crippen molar-refractivity contribution in [3.05, 3.63) is 53.6 Å². The number of carboxylic acid groups (broad SMARTS) is 1. The number of likely N-dealkylation sites (tertiary alicyclic amines) is 1. The quantitative estimate of drug-likeness (QED) is 0.617. The maximum Gasteiger partial charge on any atom is 0.335 e. The predicted octanol–water partition coefficient (Wildman–Crippen LogP) is 3.72. The van der Waals surface area contributed by atoms with Crippen molar-refractivity contribution in [2.45, 2.75) is 43.2 Å². The molecule has 1 saturated carbocycles. The van der Waals surface area contributed by atoms with E-state index in [9.17, 15) is 9.59 Å². The van der Waals surface area contributed by atoms with Gasteiger partial charge in [0.15, 0.2) is 11.5 Å². The number of carbonyl (C=O) groups excluding carboxylic acids is 1. The van der Waals surface area contributed by atoms with Crippen LogP contribution < -0.4 is 20.1 Å². The first-order valence-electron chi connectivity index (χ1n) is 11.2. The number of benzene rings is 2. The normalized spacial score (nSPS) is 24.6. The summed E-state index contributed by atoms with van der Waals surface area (Å²) in [5, 5.41) is 14.9. The first kappa shape index (κ1) is 22.9. The van der Waals surface area contributed by atoms with E-state index in [-0.39, 0.29) is 23.1 Å². The molecule has 176 valence electrons. The highest BCUT2D eigenvalue weighted by atomic mass is 16.5. The number of aromatic carboxylic acids is 1. The fourth-order valence-corrected chi connectivity index (χ4v) is 5.44. The summed E-state index contributed by atoms with van der Waals surface area (Å²) in [5.41, 5.74) is 2.03. The Kier molecular flexibility index (Phi) is 6.47. The fourth-order valence-electron chi connectivity index (χ4n) is 5.44. The molecule has 33 heavy (non-hydrogen) atoms. The Labute approximate surface area is 193 Å². The van der Waals surface area contributed by atoms with Crippen LogP contribution in [0, 0.1) is 0 Å². The van der Waals surface area contributed by atoms with Crippen LogP contribution in [0.3, 0.4) is 0 Å². The van der Waals surface area contributed by atoms with Gasteiger partial charge in [0.2, 0.25) is 0 Å². The van der Waals surface area contributed by atoms with E-state index < -0.39 is 5.97 Å². The lowest BCUT2D eigenvalue weighted by Crippen LogP contribution is -2.52. The van der Waals surface area contributed by atoms with Gasteiger partial charge in [-0.15, -0.1) is 0 Å². The van der Waals surface area contributed by atoms with Gasteiger partial charge in [-0.05, 0) is 81.2 Å². The van der Waals surface area contributed by atoms with Crippen molar-refractivity contribution in [2.24, 2.45) is 0 Å². The molecule has 1 heterocycles. The molecule has 2 aromatic rings. The standard InChI is InChI=1S/C25H31N3O5/c1-28-13-12-25(17-6-9-20(32-2)21(14-17)33-3)11-10-19(15-22(25)28)27-24(31)26-18-7-4-16(5-8-18)23(29)30/h4-9,14,19,22H,10-13,15H2,1-3H3,(H,29,30)(H2,26,27,31). The molecule has 2 fully saturated rings. The smallest absolute Gasteiger partial charge is 0.335 e. The minimum atomic E-state index is -0.994. The van der Waals surface area contributed by atoms with Gasteiger partial charge in [-0.3, -0.25) is 0 Å². The van der Waals surface area contributed by atoms with E-state index in [0.29, 0.717) is 11.7 Å². The third-order valence-corrected chi connectivity index (χ3v) is 7.21. The van der Waals surface area contributed by atoms with Gasteiger partial charge < -0.3 is 30.1 Å². The second kappa shape index (κ2) is 9.31. The number of fused-ring (bicyclic) bond motifs is 1. The van der Waals surface area contributed by atoms with E-state index in [0.717, 1.165) is 43.7 Å². The molecule has 0 radical (unpaired) electrons. The molecule has 3 atom stereocenters. The minimum absolute atomic E-state index is 0.0234. The monoisotopic (exact) mass is 453 g/mol. The molecule has 0 aromatic heterocycles. The van der Waals surface area contributed by atoms with Gasteiger partial charge in [-0.1, -0.05) is 6.07 Å². The number of nitrogens with zero attached hydrogens (tertiary/aromatic N) is 1. The Morgan fingerprint density at radius 3 is 2.45 bits per heavy atom. The molecule has 8 heteroatoms. The molecular weight excluding hydrogens is 422 g/mol. The molecule has 0 spiro atoms. The zero-order valence-corrected chi connectivity index (χ0v) is 19.3. The number of ether oxygens (including phenoxy) is 2. The number of urea groups is 1. The van der Waals surface area contributed by atoms with Gasteiger partial charge in [-0.25, -0.2) is 9.59 Å². The number of nitrogens with one attached hydrogen (secondary N) is 2. The molecule has 2 amide bonds. The fraction of sp³-hybridized carbons (Fsp3) is 0.440. The number of hydrogen-bond acceptors (Lipinski definition) is 5. The van der Waals surface area contributed by atoms with E-state index in [4.69, 9.17) is 14.6 Å². The predicted molar refractivity (Wildman–Crippen MR) is 125 cm³/mol. The van der Waals surface area contributed by atoms with Crippen LogP contribution in [-0.2, 0) is 5.41 Å². The van der Waals surface area contributed by atoms with Gasteiger partial charge in [0.25, 0.3) is 0 Å². The van der Waals surface area contributed by atoms with Gasteiger partial charge in [-0.2, -0.15) is 0 Å². The second-order valence-corrected chi connectivity index (χ2v) is 8.92. The van der Waals surface area contributed by atoms with E-state index in [2.05, 4.69) is 34.7 Å². The molecule has 1 aliphatic heterocycles. The zero-order chi connectivity index (χ0) is 23.6. The van der Waals surface area contributed by atoms with Crippen molar-refractivity contribution < 1.29 is 24.2 Å². The molecule has 1 saturated heterocycles. The van der Waals surface area contributed by atoms with E-state index >= 15 is 0 Å². The summed E-state index contributed by atoms with van der Waals surface area (Å²) in [4.78, 5) is 26.0. The number of amides is 2. The summed E-state index contributed by atoms with van der Waals surface area (Å²) in [6.45, 7) is 1.01. The van der Waals surface area contributed by atoms with Crippen molar-refractivity contribution in [2.75, 3.05) is 33.1 Å². The Hall–Kier alpha value is -3.26. The maximum absolute atomic E-state index is 12.6. The van der Waals surface area contributed by atoms with Crippen LogP contribution in [0.25, 0.3) is 0 Å². The van der Waals surface area contributed by atoms with Crippen molar-refractivity contribution in [1.29, 1.82) is 0 Å². The molecule has 3 N–H and O–H groups in total. The van der Waals surface area contributed by atoms with Crippen molar-refractivity contribution >= 4 is 17.7 Å². The van der Waals surface area contributed by atoms with Crippen LogP contribution in [-0.4, -0.2) is 61.9 Å². The number of carboxylic acids is 1. The topological polar surface area (TPSA) is 100 Å². The molecule has 3 unspecified atom stereocenters. The van der Waals surface area contributed by atoms with Crippen molar-refractivity contribution in [3.63, 3.8) is 0 Å². The Bertz CT molecular complexity index is 1030. The summed E-state index contributed by atoms with van der Waals surface area (Å²) < 4.78 is 11.0. The third kappa shape index (κ3) is 4.48. The van der Waals surface area contributed by atoms with Gasteiger partial charge in [0.05, 0.1) is 19.8 Å². The third-order valence-electron chi connectivity index (χ3n) is 7.21. The average molecular weight is 454 g/mol.